The van der Waals surface area contributed by atoms with Crippen LogP contribution < -0.4 is 10.3 Å². The molecule has 0 unspecified atom stereocenters. The summed E-state index contributed by atoms with van der Waals surface area (Å²) < 4.78 is 8.06. The van der Waals surface area contributed by atoms with Gasteiger partial charge in [0.25, 0.3) is 5.56 Å². The Morgan fingerprint density at radius 3 is 2.73 bits per heavy atom. The van der Waals surface area contributed by atoms with E-state index in [4.69, 9.17) is 16.3 Å². The number of fused-ring (bicyclic) bond motifs is 1. The molecule has 7 heteroatoms. The number of ether oxygens (including phenoxy) is 1. The monoisotopic (exact) mass is 481 g/mol. The van der Waals surface area contributed by atoms with Crippen molar-refractivity contribution in [1.29, 1.82) is 0 Å². The first-order chi connectivity index (χ1) is 14.5. The highest BCUT2D eigenvalue weighted by molar-refractivity contribution is 9.10. The third-order valence-corrected chi connectivity index (χ3v) is 5.40. The van der Waals surface area contributed by atoms with E-state index in [1.54, 1.807) is 25.3 Å². The largest absolute Gasteiger partial charge is 0.488 e. The van der Waals surface area contributed by atoms with Crippen molar-refractivity contribution in [3.05, 3.63) is 104 Å². The fourth-order valence-corrected chi connectivity index (χ4v) is 3.56. The molecule has 0 saturated heterocycles. The summed E-state index contributed by atoms with van der Waals surface area (Å²) in [6.45, 7) is 2.08. The van der Waals surface area contributed by atoms with Crippen LogP contribution >= 0.6 is 27.5 Å². The zero-order valence-corrected chi connectivity index (χ0v) is 18.4. The van der Waals surface area contributed by atoms with Crippen molar-refractivity contribution in [2.24, 2.45) is 5.10 Å². The quantitative estimate of drug-likeness (QED) is 0.349. The molecular formula is C23H17BrClN3O2. The lowest BCUT2D eigenvalue weighted by Crippen LogP contribution is -2.20. The molecule has 0 radical (unpaired) electrons. The van der Waals surface area contributed by atoms with Gasteiger partial charge < -0.3 is 4.74 Å². The molecule has 0 aliphatic heterocycles. The molecule has 1 aromatic heterocycles. The molecule has 0 bridgehead atoms. The standard InChI is InChI=1S/C23H17BrClN3O2/c1-15-27-21-11-10-18(24)12-19(21)23(29)28(15)26-13-16-6-3-5-9-22(16)30-14-17-7-2-4-8-20(17)25/h2-13H,14H2,1H3. The normalized spacial score (nSPS) is 11.3. The van der Waals surface area contributed by atoms with Crippen molar-refractivity contribution < 1.29 is 4.74 Å². The number of aromatic nitrogens is 2. The number of nitrogens with zero attached hydrogens (tertiary/aromatic N) is 3. The molecule has 30 heavy (non-hydrogen) atoms. The van der Waals surface area contributed by atoms with E-state index in [1.165, 1.54) is 4.68 Å². The third kappa shape index (κ3) is 4.30. The molecule has 5 nitrogen and oxygen atoms in total. The summed E-state index contributed by atoms with van der Waals surface area (Å²) in [4.78, 5) is 17.4. The maximum atomic E-state index is 12.9. The summed E-state index contributed by atoms with van der Waals surface area (Å²) >= 11 is 9.61. The van der Waals surface area contributed by atoms with Crippen molar-refractivity contribution in [3.8, 4) is 5.75 Å². The average Bonchev–Trinajstić information content (AvgIpc) is 2.74. The third-order valence-electron chi connectivity index (χ3n) is 4.54. The molecule has 0 atom stereocenters. The second-order valence-electron chi connectivity index (χ2n) is 6.60. The lowest BCUT2D eigenvalue weighted by Gasteiger charge is -2.10. The minimum absolute atomic E-state index is 0.232. The van der Waals surface area contributed by atoms with E-state index in [0.717, 1.165) is 15.6 Å². The molecule has 0 fully saturated rings. The van der Waals surface area contributed by atoms with Crippen LogP contribution in [0.1, 0.15) is 17.0 Å². The van der Waals surface area contributed by atoms with Crippen molar-refractivity contribution >= 4 is 44.6 Å². The lowest BCUT2D eigenvalue weighted by molar-refractivity contribution is 0.306. The van der Waals surface area contributed by atoms with Crippen molar-refractivity contribution in [3.63, 3.8) is 0 Å². The molecular weight excluding hydrogens is 466 g/mol. The number of aryl methyl sites for hydroxylation is 1. The van der Waals surface area contributed by atoms with Gasteiger partial charge in [0.15, 0.2) is 0 Å². The van der Waals surface area contributed by atoms with Gasteiger partial charge in [0.05, 0.1) is 17.1 Å². The van der Waals surface area contributed by atoms with E-state index in [1.807, 2.05) is 54.6 Å². The fourth-order valence-electron chi connectivity index (χ4n) is 3.01. The molecule has 1 heterocycles. The Morgan fingerprint density at radius 1 is 1.13 bits per heavy atom. The van der Waals surface area contributed by atoms with Crippen LogP contribution in [0.15, 0.2) is 81.1 Å². The Morgan fingerprint density at radius 2 is 1.90 bits per heavy atom. The number of halogens is 2. The predicted octanol–water partition coefficient (Wildman–Crippen LogP) is 5.58. The van der Waals surface area contributed by atoms with Crippen LogP contribution in [0, 0.1) is 6.92 Å². The minimum atomic E-state index is -0.232. The smallest absolute Gasteiger partial charge is 0.282 e. The molecule has 4 rings (SSSR count). The van der Waals surface area contributed by atoms with Gasteiger partial charge >= 0.3 is 0 Å². The number of hydrogen-bond acceptors (Lipinski definition) is 4. The first-order valence-corrected chi connectivity index (χ1v) is 10.4. The summed E-state index contributed by atoms with van der Waals surface area (Å²) in [5.41, 5.74) is 2.03. The van der Waals surface area contributed by atoms with Crippen LogP contribution in [0.4, 0.5) is 0 Å². The Balaban J connectivity index is 1.65. The van der Waals surface area contributed by atoms with Crippen LogP contribution in [0.2, 0.25) is 5.02 Å². The predicted molar refractivity (Wildman–Crippen MR) is 124 cm³/mol. The van der Waals surface area contributed by atoms with E-state index in [0.29, 0.717) is 34.1 Å². The molecule has 0 aliphatic carbocycles. The van der Waals surface area contributed by atoms with Gasteiger partial charge in [0.1, 0.15) is 18.2 Å². The van der Waals surface area contributed by atoms with E-state index in [2.05, 4.69) is 26.0 Å². The van der Waals surface area contributed by atoms with E-state index >= 15 is 0 Å². The van der Waals surface area contributed by atoms with E-state index in [-0.39, 0.29) is 5.56 Å². The van der Waals surface area contributed by atoms with Crippen molar-refractivity contribution in [1.82, 2.24) is 9.66 Å². The second-order valence-corrected chi connectivity index (χ2v) is 7.92. The summed E-state index contributed by atoms with van der Waals surface area (Å²) in [6.07, 6.45) is 1.60. The molecule has 150 valence electrons. The zero-order chi connectivity index (χ0) is 21.1. The van der Waals surface area contributed by atoms with Gasteiger partial charge in [0, 0.05) is 20.6 Å². The lowest BCUT2D eigenvalue weighted by atomic mass is 10.2. The zero-order valence-electron chi connectivity index (χ0n) is 16.0. The number of benzene rings is 3. The second kappa shape index (κ2) is 8.81. The van der Waals surface area contributed by atoms with E-state index < -0.39 is 0 Å². The molecule has 3 aromatic carbocycles. The van der Waals surface area contributed by atoms with Crippen LogP contribution in [0.25, 0.3) is 10.9 Å². The molecule has 0 aliphatic rings. The van der Waals surface area contributed by atoms with Gasteiger partial charge in [-0.1, -0.05) is 57.9 Å². The molecule has 0 N–H and O–H groups in total. The summed E-state index contributed by atoms with van der Waals surface area (Å²) in [5, 5.41) is 5.53. The van der Waals surface area contributed by atoms with Crippen molar-refractivity contribution in [2.75, 3.05) is 0 Å². The van der Waals surface area contributed by atoms with Gasteiger partial charge in [0.2, 0.25) is 0 Å². The van der Waals surface area contributed by atoms with Crippen LogP contribution in [0.3, 0.4) is 0 Å². The first kappa shape index (κ1) is 20.3. The molecule has 0 saturated carbocycles. The maximum Gasteiger partial charge on any atom is 0.282 e. The molecule has 4 aromatic rings. The van der Waals surface area contributed by atoms with Crippen molar-refractivity contribution in [2.45, 2.75) is 13.5 Å². The van der Waals surface area contributed by atoms with Gasteiger partial charge in [-0.25, -0.2) is 4.98 Å². The van der Waals surface area contributed by atoms with Crippen LogP contribution in [0.5, 0.6) is 5.75 Å². The SMILES string of the molecule is Cc1nc2ccc(Br)cc2c(=O)n1N=Cc1ccccc1OCc1ccccc1Cl. The van der Waals surface area contributed by atoms with E-state index in [9.17, 15) is 4.79 Å². The molecule has 0 amide bonds. The van der Waals surface area contributed by atoms with Gasteiger partial charge in [-0.2, -0.15) is 9.78 Å². The Labute approximate surface area is 186 Å². The first-order valence-electron chi connectivity index (χ1n) is 9.21. The van der Waals surface area contributed by atoms with Gasteiger partial charge in [-0.15, -0.1) is 0 Å². The summed E-state index contributed by atoms with van der Waals surface area (Å²) in [6, 6.07) is 20.4. The highest BCUT2D eigenvalue weighted by Gasteiger charge is 2.09. The number of para-hydroxylation sites is 1. The Hall–Kier alpha value is -2.96. The number of rotatable bonds is 5. The van der Waals surface area contributed by atoms with Crippen LogP contribution in [-0.2, 0) is 6.61 Å². The summed E-state index contributed by atoms with van der Waals surface area (Å²) in [7, 11) is 0. The highest BCUT2D eigenvalue weighted by atomic mass is 79.9. The minimum Gasteiger partial charge on any atom is -0.488 e. The molecule has 0 spiro atoms. The Kier molecular flexibility index (Phi) is 5.97. The number of hydrogen-bond donors (Lipinski definition) is 0. The highest BCUT2D eigenvalue weighted by Crippen LogP contribution is 2.21. The van der Waals surface area contributed by atoms with Crippen LogP contribution in [-0.4, -0.2) is 15.9 Å². The van der Waals surface area contributed by atoms with Gasteiger partial charge in [-0.3, -0.25) is 4.79 Å². The topological polar surface area (TPSA) is 56.5 Å². The summed E-state index contributed by atoms with van der Waals surface area (Å²) in [5.74, 6) is 1.14. The Bertz CT molecular complexity index is 1320. The van der Waals surface area contributed by atoms with Gasteiger partial charge in [-0.05, 0) is 43.3 Å². The fraction of sp³-hybridized carbons (Fsp3) is 0.0870. The average molecular weight is 483 g/mol. The maximum absolute atomic E-state index is 12.9.